The van der Waals surface area contributed by atoms with Gasteiger partial charge in [0.25, 0.3) is 5.91 Å². The van der Waals surface area contributed by atoms with Crippen LogP contribution in [0.15, 0.2) is 6.20 Å². The Balaban J connectivity index is 2.72. The van der Waals surface area contributed by atoms with E-state index in [0.717, 1.165) is 0 Å². The van der Waals surface area contributed by atoms with Gasteiger partial charge in [0.2, 0.25) is 0 Å². The first kappa shape index (κ1) is 13.5. The molecule has 0 spiro atoms. The third-order valence-corrected chi connectivity index (χ3v) is 2.83. The lowest BCUT2D eigenvalue weighted by atomic mass is 10.1. The summed E-state index contributed by atoms with van der Waals surface area (Å²) in [5.74, 6) is -0.309. The number of carbonyl (C=O) groups excluding carboxylic acids is 1. The van der Waals surface area contributed by atoms with Gasteiger partial charge in [-0.25, -0.2) is 0 Å². The topological polar surface area (TPSA) is 93.2 Å². The van der Waals surface area contributed by atoms with Gasteiger partial charge in [-0.1, -0.05) is 6.92 Å². The molecule has 0 bridgehead atoms. The maximum atomic E-state index is 11.9. The number of nitrogens with zero attached hydrogens (tertiary/aromatic N) is 2. The van der Waals surface area contributed by atoms with Gasteiger partial charge < -0.3 is 16.2 Å². The van der Waals surface area contributed by atoms with Gasteiger partial charge in [0.1, 0.15) is 0 Å². The number of anilines is 1. The summed E-state index contributed by atoms with van der Waals surface area (Å²) < 4.78 is 1.62. The Bertz CT molecular complexity index is 389. The highest BCUT2D eigenvalue weighted by molar-refractivity contribution is 5.97. The SMILES string of the molecule is CCn1cc(N)c(C(=O)NC(C)C(C)CO)n1. The molecule has 1 amide bonds. The van der Waals surface area contributed by atoms with Crippen LogP contribution < -0.4 is 11.1 Å². The number of nitrogens with two attached hydrogens (primary N) is 1. The van der Waals surface area contributed by atoms with Crippen molar-refractivity contribution in [3.63, 3.8) is 0 Å². The average molecular weight is 240 g/mol. The minimum Gasteiger partial charge on any atom is -0.396 e. The van der Waals surface area contributed by atoms with E-state index in [9.17, 15) is 4.79 Å². The van der Waals surface area contributed by atoms with Crippen molar-refractivity contribution in [2.75, 3.05) is 12.3 Å². The summed E-state index contributed by atoms with van der Waals surface area (Å²) >= 11 is 0. The number of hydrogen-bond acceptors (Lipinski definition) is 4. The Morgan fingerprint density at radius 3 is 2.76 bits per heavy atom. The Hall–Kier alpha value is -1.56. The first-order valence-corrected chi connectivity index (χ1v) is 5.74. The highest BCUT2D eigenvalue weighted by Crippen LogP contribution is 2.10. The van der Waals surface area contributed by atoms with E-state index in [4.69, 9.17) is 10.8 Å². The lowest BCUT2D eigenvalue weighted by Crippen LogP contribution is -2.38. The van der Waals surface area contributed by atoms with Crippen molar-refractivity contribution in [3.8, 4) is 0 Å². The van der Waals surface area contributed by atoms with Gasteiger partial charge in [0.15, 0.2) is 5.69 Å². The summed E-state index contributed by atoms with van der Waals surface area (Å²) in [7, 11) is 0. The Morgan fingerprint density at radius 2 is 2.29 bits per heavy atom. The Kier molecular flexibility index (Phi) is 4.51. The monoisotopic (exact) mass is 240 g/mol. The lowest BCUT2D eigenvalue weighted by Gasteiger charge is -2.18. The lowest BCUT2D eigenvalue weighted by molar-refractivity contribution is 0.0911. The zero-order valence-electron chi connectivity index (χ0n) is 10.5. The van der Waals surface area contributed by atoms with Gasteiger partial charge in [0, 0.05) is 25.4 Å². The van der Waals surface area contributed by atoms with Gasteiger partial charge in [0.05, 0.1) is 5.69 Å². The van der Waals surface area contributed by atoms with E-state index in [0.29, 0.717) is 12.2 Å². The quantitative estimate of drug-likeness (QED) is 0.687. The van der Waals surface area contributed by atoms with Gasteiger partial charge in [-0.2, -0.15) is 5.10 Å². The summed E-state index contributed by atoms with van der Waals surface area (Å²) in [6.07, 6.45) is 1.63. The van der Waals surface area contributed by atoms with Crippen LogP contribution in [0.1, 0.15) is 31.3 Å². The molecule has 2 unspecified atom stereocenters. The van der Waals surface area contributed by atoms with Crippen molar-refractivity contribution < 1.29 is 9.90 Å². The first-order chi connectivity index (χ1) is 7.99. The molecule has 96 valence electrons. The maximum absolute atomic E-state index is 11.9. The first-order valence-electron chi connectivity index (χ1n) is 5.74. The fourth-order valence-electron chi connectivity index (χ4n) is 1.35. The molecular weight excluding hydrogens is 220 g/mol. The van der Waals surface area contributed by atoms with Crippen molar-refractivity contribution in [2.45, 2.75) is 33.4 Å². The highest BCUT2D eigenvalue weighted by atomic mass is 16.3. The third-order valence-electron chi connectivity index (χ3n) is 2.83. The molecule has 6 heteroatoms. The zero-order chi connectivity index (χ0) is 13.0. The van der Waals surface area contributed by atoms with E-state index in [1.54, 1.807) is 10.9 Å². The summed E-state index contributed by atoms with van der Waals surface area (Å²) in [5, 5.41) is 15.8. The summed E-state index contributed by atoms with van der Waals surface area (Å²) in [4.78, 5) is 11.9. The molecule has 0 aromatic carbocycles. The normalized spacial score (nSPS) is 14.4. The van der Waals surface area contributed by atoms with Crippen LogP contribution >= 0.6 is 0 Å². The van der Waals surface area contributed by atoms with Crippen molar-refractivity contribution in [3.05, 3.63) is 11.9 Å². The van der Waals surface area contributed by atoms with Crippen LogP contribution in [0.4, 0.5) is 5.69 Å². The molecule has 0 saturated carbocycles. The van der Waals surface area contributed by atoms with Gasteiger partial charge >= 0.3 is 0 Å². The number of aliphatic hydroxyl groups is 1. The van der Waals surface area contributed by atoms with E-state index >= 15 is 0 Å². The van der Waals surface area contributed by atoms with Crippen LogP contribution in [0.2, 0.25) is 0 Å². The molecule has 0 saturated heterocycles. The number of aliphatic hydroxyl groups excluding tert-OH is 1. The number of nitrogens with one attached hydrogen (secondary N) is 1. The van der Waals surface area contributed by atoms with Crippen molar-refractivity contribution in [1.82, 2.24) is 15.1 Å². The smallest absolute Gasteiger partial charge is 0.274 e. The van der Waals surface area contributed by atoms with Crippen molar-refractivity contribution in [1.29, 1.82) is 0 Å². The summed E-state index contributed by atoms with van der Waals surface area (Å²) in [6.45, 7) is 6.32. The second-order valence-electron chi connectivity index (χ2n) is 4.21. The number of amides is 1. The number of nitrogen functional groups attached to an aromatic ring is 1. The van der Waals surface area contributed by atoms with Crippen molar-refractivity contribution >= 4 is 11.6 Å². The second kappa shape index (κ2) is 5.67. The van der Waals surface area contributed by atoms with Gasteiger partial charge in [-0.3, -0.25) is 9.48 Å². The molecule has 4 N–H and O–H groups in total. The molecule has 6 nitrogen and oxygen atoms in total. The molecule has 0 radical (unpaired) electrons. The Labute approximate surface area is 101 Å². The van der Waals surface area contributed by atoms with Crippen LogP contribution in [0.3, 0.4) is 0 Å². The van der Waals surface area contributed by atoms with Crippen LogP contribution in [0, 0.1) is 5.92 Å². The molecule has 0 aliphatic heterocycles. The molecule has 0 fully saturated rings. The summed E-state index contributed by atoms with van der Waals surface area (Å²) in [6, 6.07) is -0.126. The zero-order valence-corrected chi connectivity index (χ0v) is 10.5. The van der Waals surface area contributed by atoms with E-state index < -0.39 is 0 Å². The van der Waals surface area contributed by atoms with Crippen molar-refractivity contribution in [2.24, 2.45) is 5.92 Å². The molecule has 2 atom stereocenters. The standard InChI is InChI=1S/C11H20N4O2/c1-4-15-5-9(12)10(14-15)11(17)13-8(3)7(2)6-16/h5,7-8,16H,4,6,12H2,1-3H3,(H,13,17). The van der Waals surface area contributed by atoms with E-state index in [2.05, 4.69) is 10.4 Å². The summed E-state index contributed by atoms with van der Waals surface area (Å²) in [5.41, 5.74) is 6.32. The predicted molar refractivity (Wildman–Crippen MR) is 65.5 cm³/mol. The minimum atomic E-state index is -0.303. The fraction of sp³-hybridized carbons (Fsp3) is 0.636. The number of rotatable bonds is 5. The van der Waals surface area contributed by atoms with Crippen LogP contribution in [0.25, 0.3) is 0 Å². The minimum absolute atomic E-state index is 0.00608. The molecule has 0 aliphatic rings. The number of aromatic nitrogens is 2. The molecule has 17 heavy (non-hydrogen) atoms. The molecular formula is C11H20N4O2. The number of aryl methyl sites for hydroxylation is 1. The molecule has 1 aromatic heterocycles. The molecule has 1 heterocycles. The van der Waals surface area contributed by atoms with E-state index in [1.807, 2.05) is 20.8 Å². The number of carbonyl (C=O) groups is 1. The highest BCUT2D eigenvalue weighted by Gasteiger charge is 2.19. The molecule has 1 aromatic rings. The van der Waals surface area contributed by atoms with E-state index in [1.165, 1.54) is 0 Å². The Morgan fingerprint density at radius 1 is 1.65 bits per heavy atom. The van der Waals surface area contributed by atoms with Gasteiger partial charge in [-0.15, -0.1) is 0 Å². The van der Waals surface area contributed by atoms with E-state index in [-0.39, 0.29) is 30.2 Å². The third kappa shape index (κ3) is 3.20. The molecule has 1 rings (SSSR count). The van der Waals surface area contributed by atoms with Crippen LogP contribution in [0.5, 0.6) is 0 Å². The largest absolute Gasteiger partial charge is 0.396 e. The van der Waals surface area contributed by atoms with Crippen LogP contribution in [-0.4, -0.2) is 33.4 Å². The molecule has 0 aliphatic carbocycles. The fourth-order valence-corrected chi connectivity index (χ4v) is 1.35. The second-order valence-corrected chi connectivity index (χ2v) is 4.21. The van der Waals surface area contributed by atoms with Crippen LogP contribution in [-0.2, 0) is 6.54 Å². The average Bonchev–Trinajstić information content (AvgIpc) is 2.69. The van der Waals surface area contributed by atoms with Gasteiger partial charge in [-0.05, 0) is 19.8 Å². The number of hydrogen-bond donors (Lipinski definition) is 3. The maximum Gasteiger partial charge on any atom is 0.274 e. The predicted octanol–water partition coefficient (Wildman–Crippen LogP) is 0.232.